The van der Waals surface area contributed by atoms with E-state index in [1.807, 2.05) is 19.1 Å². The summed E-state index contributed by atoms with van der Waals surface area (Å²) in [4.78, 5) is 12.1. The number of rotatable bonds is 5. The van der Waals surface area contributed by atoms with Crippen LogP contribution >= 0.6 is 15.9 Å². The molecule has 130 valence electrons. The number of nitriles is 1. The third-order valence-electron chi connectivity index (χ3n) is 3.52. The molecule has 0 aromatic heterocycles. The Labute approximate surface area is 155 Å². The first kappa shape index (κ1) is 19.1. The van der Waals surface area contributed by atoms with Gasteiger partial charge in [0.2, 0.25) is 15.9 Å². The Balaban J connectivity index is 2.16. The van der Waals surface area contributed by atoms with E-state index in [9.17, 15) is 13.2 Å². The highest BCUT2D eigenvalue weighted by molar-refractivity contribution is 9.10. The SMILES string of the molecule is Cc1cc(Br)ccc1NC(=O)CN(C)S(=O)(=O)c1ccccc1C#N. The highest BCUT2D eigenvalue weighted by atomic mass is 79.9. The molecule has 2 aromatic carbocycles. The van der Waals surface area contributed by atoms with Crippen LogP contribution in [0, 0.1) is 18.3 Å². The Kier molecular flexibility index (Phi) is 5.95. The molecule has 0 saturated heterocycles. The Morgan fingerprint density at radius 3 is 2.60 bits per heavy atom. The lowest BCUT2D eigenvalue weighted by Gasteiger charge is -2.18. The Morgan fingerprint density at radius 2 is 1.96 bits per heavy atom. The summed E-state index contributed by atoms with van der Waals surface area (Å²) in [7, 11) is -2.64. The maximum absolute atomic E-state index is 12.6. The van der Waals surface area contributed by atoms with Crippen LogP contribution in [-0.4, -0.2) is 32.2 Å². The number of sulfonamides is 1. The molecule has 0 aliphatic rings. The number of nitrogens with one attached hydrogen (secondary N) is 1. The van der Waals surface area contributed by atoms with Gasteiger partial charge in [0.05, 0.1) is 17.0 Å². The molecular weight excluding hydrogens is 406 g/mol. The average molecular weight is 422 g/mol. The van der Waals surface area contributed by atoms with Gasteiger partial charge in [-0.3, -0.25) is 4.79 Å². The molecule has 0 saturated carbocycles. The van der Waals surface area contributed by atoms with Crippen LogP contribution in [0.4, 0.5) is 5.69 Å². The van der Waals surface area contributed by atoms with Gasteiger partial charge in [0.1, 0.15) is 6.07 Å². The van der Waals surface area contributed by atoms with E-state index in [0.717, 1.165) is 14.3 Å². The van der Waals surface area contributed by atoms with Crippen LogP contribution in [0.3, 0.4) is 0 Å². The van der Waals surface area contributed by atoms with Crippen molar-refractivity contribution in [3.05, 3.63) is 58.1 Å². The van der Waals surface area contributed by atoms with Crippen LogP contribution in [-0.2, 0) is 14.8 Å². The first-order valence-corrected chi connectivity index (χ1v) is 9.50. The summed E-state index contributed by atoms with van der Waals surface area (Å²) >= 11 is 3.34. The van der Waals surface area contributed by atoms with Gasteiger partial charge in [-0.2, -0.15) is 9.57 Å². The molecule has 0 aliphatic carbocycles. The van der Waals surface area contributed by atoms with Crippen LogP contribution in [0.25, 0.3) is 0 Å². The number of hydrogen-bond donors (Lipinski definition) is 1. The van der Waals surface area contributed by atoms with Crippen LogP contribution < -0.4 is 5.32 Å². The summed E-state index contributed by atoms with van der Waals surface area (Å²) in [6.45, 7) is 1.47. The third kappa shape index (κ3) is 4.45. The van der Waals surface area contributed by atoms with Crippen molar-refractivity contribution in [3.8, 4) is 6.07 Å². The fourth-order valence-electron chi connectivity index (χ4n) is 2.20. The third-order valence-corrected chi connectivity index (χ3v) is 5.88. The van der Waals surface area contributed by atoms with Crippen molar-refractivity contribution in [1.82, 2.24) is 4.31 Å². The van der Waals surface area contributed by atoms with Crippen molar-refractivity contribution < 1.29 is 13.2 Å². The molecule has 6 nitrogen and oxygen atoms in total. The number of carbonyl (C=O) groups is 1. The number of carbonyl (C=O) groups excluding carboxylic acids is 1. The van der Waals surface area contributed by atoms with Crippen molar-refractivity contribution in [2.75, 3.05) is 18.9 Å². The Bertz CT molecular complexity index is 952. The fraction of sp³-hybridized carbons (Fsp3) is 0.176. The van der Waals surface area contributed by atoms with Gasteiger partial charge >= 0.3 is 0 Å². The molecule has 8 heteroatoms. The first-order chi connectivity index (χ1) is 11.8. The number of halogens is 1. The molecule has 0 unspecified atom stereocenters. The zero-order valence-electron chi connectivity index (χ0n) is 13.7. The Hall–Kier alpha value is -2.21. The van der Waals surface area contributed by atoms with E-state index in [2.05, 4.69) is 21.2 Å². The van der Waals surface area contributed by atoms with Gasteiger partial charge in [-0.25, -0.2) is 8.42 Å². The molecule has 0 atom stereocenters. The monoisotopic (exact) mass is 421 g/mol. The van der Waals surface area contributed by atoms with Gasteiger partial charge < -0.3 is 5.32 Å². The standard InChI is InChI=1S/C17H16BrN3O3S/c1-12-9-14(18)7-8-15(12)20-17(22)11-21(2)25(23,24)16-6-4-3-5-13(16)10-19/h3-9H,11H2,1-2H3,(H,20,22). The maximum Gasteiger partial charge on any atom is 0.244 e. The molecule has 2 rings (SSSR count). The maximum atomic E-state index is 12.6. The molecule has 0 heterocycles. The molecular formula is C17H16BrN3O3S. The van der Waals surface area contributed by atoms with E-state index in [0.29, 0.717) is 5.69 Å². The number of amides is 1. The number of likely N-dealkylation sites (N-methyl/N-ethyl adjacent to an activating group) is 1. The predicted octanol–water partition coefficient (Wildman–Crippen LogP) is 2.89. The van der Waals surface area contributed by atoms with Crippen molar-refractivity contribution in [3.63, 3.8) is 0 Å². The zero-order chi connectivity index (χ0) is 18.6. The number of aryl methyl sites for hydroxylation is 1. The molecule has 0 radical (unpaired) electrons. The lowest BCUT2D eigenvalue weighted by molar-refractivity contribution is -0.116. The summed E-state index contributed by atoms with van der Waals surface area (Å²) in [5, 5.41) is 11.8. The van der Waals surface area contributed by atoms with E-state index >= 15 is 0 Å². The van der Waals surface area contributed by atoms with Gasteiger partial charge in [-0.1, -0.05) is 28.1 Å². The molecule has 1 N–H and O–H groups in total. The normalized spacial score (nSPS) is 11.2. The van der Waals surface area contributed by atoms with Gasteiger partial charge in [0.15, 0.2) is 0 Å². The highest BCUT2D eigenvalue weighted by Crippen LogP contribution is 2.21. The summed E-state index contributed by atoms with van der Waals surface area (Å²) in [6.07, 6.45) is 0. The highest BCUT2D eigenvalue weighted by Gasteiger charge is 2.25. The molecule has 2 aromatic rings. The average Bonchev–Trinajstić information content (AvgIpc) is 2.57. The molecule has 0 fully saturated rings. The second-order valence-corrected chi connectivity index (χ2v) is 8.31. The molecule has 25 heavy (non-hydrogen) atoms. The van der Waals surface area contributed by atoms with E-state index < -0.39 is 15.9 Å². The lowest BCUT2D eigenvalue weighted by Crippen LogP contribution is -2.35. The quantitative estimate of drug-likeness (QED) is 0.803. The summed E-state index contributed by atoms with van der Waals surface area (Å²) in [5.41, 5.74) is 1.50. The van der Waals surface area contributed by atoms with Crippen LogP contribution in [0.1, 0.15) is 11.1 Å². The van der Waals surface area contributed by atoms with Crippen molar-refractivity contribution in [2.45, 2.75) is 11.8 Å². The van der Waals surface area contributed by atoms with Crippen LogP contribution in [0.2, 0.25) is 0 Å². The van der Waals surface area contributed by atoms with Gasteiger partial charge in [0.25, 0.3) is 0 Å². The number of hydrogen-bond acceptors (Lipinski definition) is 4. The number of anilines is 1. The van der Waals surface area contributed by atoms with E-state index in [-0.39, 0.29) is 17.0 Å². The summed E-state index contributed by atoms with van der Waals surface area (Å²) < 4.78 is 27.0. The largest absolute Gasteiger partial charge is 0.325 e. The lowest BCUT2D eigenvalue weighted by atomic mass is 10.2. The van der Waals surface area contributed by atoms with Crippen molar-refractivity contribution in [1.29, 1.82) is 5.26 Å². The van der Waals surface area contributed by atoms with E-state index in [1.54, 1.807) is 18.2 Å². The van der Waals surface area contributed by atoms with Crippen molar-refractivity contribution >= 4 is 37.5 Å². The van der Waals surface area contributed by atoms with Crippen LogP contribution in [0.5, 0.6) is 0 Å². The molecule has 1 amide bonds. The second kappa shape index (κ2) is 7.78. The zero-order valence-corrected chi connectivity index (χ0v) is 16.1. The van der Waals surface area contributed by atoms with Gasteiger partial charge in [-0.05, 0) is 42.8 Å². The summed E-state index contributed by atoms with van der Waals surface area (Å²) in [5.74, 6) is -0.467. The van der Waals surface area contributed by atoms with E-state index in [1.165, 1.54) is 25.2 Å². The molecule has 0 bridgehead atoms. The summed E-state index contributed by atoms with van der Waals surface area (Å²) in [6, 6.07) is 13.1. The first-order valence-electron chi connectivity index (χ1n) is 7.27. The Morgan fingerprint density at radius 1 is 1.28 bits per heavy atom. The number of nitrogens with zero attached hydrogens (tertiary/aromatic N) is 2. The topological polar surface area (TPSA) is 90.3 Å². The van der Waals surface area contributed by atoms with Crippen molar-refractivity contribution in [2.24, 2.45) is 0 Å². The minimum atomic E-state index is -3.94. The molecule has 0 spiro atoms. The number of benzene rings is 2. The predicted molar refractivity (Wildman–Crippen MR) is 98.5 cm³/mol. The fourth-order valence-corrected chi connectivity index (χ4v) is 3.94. The van der Waals surface area contributed by atoms with Gasteiger partial charge in [-0.15, -0.1) is 0 Å². The minimum absolute atomic E-state index is 0.0403. The smallest absolute Gasteiger partial charge is 0.244 e. The minimum Gasteiger partial charge on any atom is -0.325 e. The van der Waals surface area contributed by atoms with Crippen LogP contribution in [0.15, 0.2) is 51.8 Å². The molecule has 0 aliphatic heterocycles. The van der Waals surface area contributed by atoms with Gasteiger partial charge in [0, 0.05) is 17.2 Å². The second-order valence-electron chi connectivity index (χ2n) is 5.38. The van der Waals surface area contributed by atoms with E-state index in [4.69, 9.17) is 5.26 Å².